The molecular formula is C16H19NOS. The van der Waals surface area contributed by atoms with Crippen LogP contribution in [0.25, 0.3) is 0 Å². The minimum atomic E-state index is 0.697. The zero-order chi connectivity index (χ0) is 13.7. The summed E-state index contributed by atoms with van der Waals surface area (Å²) in [4.78, 5) is 2.23. The second kappa shape index (κ2) is 6.53. The van der Waals surface area contributed by atoms with Crippen LogP contribution >= 0.6 is 11.8 Å². The van der Waals surface area contributed by atoms with E-state index in [9.17, 15) is 0 Å². The topological polar surface area (TPSA) is 35.2 Å². The SMILES string of the molecule is CCCOc1cccc(Sc2cccc(C)c2)c1N. The minimum Gasteiger partial charge on any atom is -0.491 e. The maximum absolute atomic E-state index is 6.16. The molecule has 0 aliphatic heterocycles. The first-order valence-electron chi connectivity index (χ1n) is 6.46. The molecule has 3 heteroatoms. The molecule has 0 radical (unpaired) electrons. The number of hydrogen-bond donors (Lipinski definition) is 1. The van der Waals surface area contributed by atoms with Gasteiger partial charge in [-0.2, -0.15) is 0 Å². The average molecular weight is 273 g/mol. The summed E-state index contributed by atoms with van der Waals surface area (Å²) in [6.07, 6.45) is 0.981. The Hall–Kier alpha value is -1.61. The lowest BCUT2D eigenvalue weighted by Crippen LogP contribution is -1.99. The molecule has 2 aromatic carbocycles. The fourth-order valence-corrected chi connectivity index (χ4v) is 2.76. The van der Waals surface area contributed by atoms with Gasteiger partial charge < -0.3 is 10.5 Å². The molecule has 0 aliphatic carbocycles. The Morgan fingerprint density at radius 2 is 1.95 bits per heavy atom. The second-order valence-corrected chi connectivity index (χ2v) is 5.55. The van der Waals surface area contributed by atoms with Crippen molar-refractivity contribution in [2.45, 2.75) is 30.1 Å². The number of ether oxygens (including phenoxy) is 1. The van der Waals surface area contributed by atoms with E-state index in [0.29, 0.717) is 6.61 Å². The van der Waals surface area contributed by atoms with Crippen LogP contribution in [0.2, 0.25) is 0 Å². The van der Waals surface area contributed by atoms with Crippen molar-refractivity contribution in [1.82, 2.24) is 0 Å². The van der Waals surface area contributed by atoms with Crippen molar-refractivity contribution in [3.63, 3.8) is 0 Å². The molecule has 0 atom stereocenters. The highest BCUT2D eigenvalue weighted by atomic mass is 32.2. The van der Waals surface area contributed by atoms with Gasteiger partial charge in [-0.15, -0.1) is 0 Å². The molecule has 2 rings (SSSR count). The lowest BCUT2D eigenvalue weighted by atomic mass is 10.2. The average Bonchev–Trinajstić information content (AvgIpc) is 2.40. The van der Waals surface area contributed by atoms with Crippen molar-refractivity contribution in [1.29, 1.82) is 0 Å². The molecule has 0 amide bonds. The third-order valence-electron chi connectivity index (χ3n) is 2.71. The molecule has 0 aromatic heterocycles. The van der Waals surface area contributed by atoms with Crippen LogP contribution in [0.15, 0.2) is 52.3 Å². The summed E-state index contributed by atoms with van der Waals surface area (Å²) in [6.45, 7) is 4.87. The van der Waals surface area contributed by atoms with Crippen molar-refractivity contribution < 1.29 is 4.74 Å². The highest BCUT2D eigenvalue weighted by molar-refractivity contribution is 7.99. The quantitative estimate of drug-likeness (QED) is 0.814. The van der Waals surface area contributed by atoms with E-state index in [1.54, 1.807) is 11.8 Å². The van der Waals surface area contributed by atoms with E-state index in [4.69, 9.17) is 10.5 Å². The third-order valence-corrected chi connectivity index (χ3v) is 3.77. The Morgan fingerprint density at radius 1 is 1.16 bits per heavy atom. The summed E-state index contributed by atoms with van der Waals surface area (Å²) in [7, 11) is 0. The van der Waals surface area contributed by atoms with Crippen molar-refractivity contribution in [2.75, 3.05) is 12.3 Å². The number of anilines is 1. The van der Waals surface area contributed by atoms with E-state index in [2.05, 4.69) is 38.1 Å². The van der Waals surface area contributed by atoms with Gasteiger partial charge in [-0.3, -0.25) is 0 Å². The fourth-order valence-electron chi connectivity index (χ4n) is 1.76. The van der Waals surface area contributed by atoms with Crippen LogP contribution in [-0.2, 0) is 0 Å². The van der Waals surface area contributed by atoms with Crippen LogP contribution < -0.4 is 10.5 Å². The molecule has 2 aromatic rings. The van der Waals surface area contributed by atoms with E-state index in [1.807, 2.05) is 18.2 Å². The van der Waals surface area contributed by atoms with Gasteiger partial charge in [0.15, 0.2) is 0 Å². The van der Waals surface area contributed by atoms with Gasteiger partial charge in [-0.1, -0.05) is 42.4 Å². The molecule has 2 N–H and O–H groups in total. The highest BCUT2D eigenvalue weighted by Gasteiger charge is 2.07. The lowest BCUT2D eigenvalue weighted by Gasteiger charge is -2.11. The summed E-state index contributed by atoms with van der Waals surface area (Å²) in [5.74, 6) is 0.777. The number of aryl methyl sites for hydroxylation is 1. The Kier molecular flexibility index (Phi) is 4.74. The number of para-hydroxylation sites is 1. The number of rotatable bonds is 5. The van der Waals surface area contributed by atoms with E-state index >= 15 is 0 Å². The predicted octanol–water partition coefficient (Wildman–Crippen LogP) is 4.52. The summed E-state index contributed by atoms with van der Waals surface area (Å²) in [5, 5.41) is 0. The standard InChI is InChI=1S/C16H19NOS/c1-3-10-18-14-8-5-9-15(16(14)17)19-13-7-4-6-12(2)11-13/h4-9,11H,3,10,17H2,1-2H3. The van der Waals surface area contributed by atoms with Gasteiger partial charge in [0.1, 0.15) is 5.75 Å². The molecule has 0 heterocycles. The number of nitrogens with two attached hydrogens (primary N) is 1. The maximum atomic E-state index is 6.16. The van der Waals surface area contributed by atoms with E-state index in [-0.39, 0.29) is 0 Å². The van der Waals surface area contributed by atoms with Gasteiger partial charge in [0.05, 0.1) is 12.3 Å². The van der Waals surface area contributed by atoms with Gasteiger partial charge in [-0.25, -0.2) is 0 Å². The van der Waals surface area contributed by atoms with Gasteiger partial charge in [0, 0.05) is 9.79 Å². The van der Waals surface area contributed by atoms with E-state index in [1.165, 1.54) is 10.5 Å². The molecule has 0 spiro atoms. The largest absolute Gasteiger partial charge is 0.491 e. The summed E-state index contributed by atoms with van der Waals surface area (Å²) in [5.41, 5.74) is 8.14. The lowest BCUT2D eigenvalue weighted by molar-refractivity contribution is 0.318. The first-order valence-corrected chi connectivity index (χ1v) is 7.28. The predicted molar refractivity (Wildman–Crippen MR) is 81.9 cm³/mol. The zero-order valence-corrected chi connectivity index (χ0v) is 12.2. The van der Waals surface area contributed by atoms with E-state index < -0.39 is 0 Å². The second-order valence-electron chi connectivity index (χ2n) is 4.43. The first kappa shape index (κ1) is 13.8. The fraction of sp³-hybridized carbons (Fsp3) is 0.250. The normalized spacial score (nSPS) is 10.4. The molecule has 19 heavy (non-hydrogen) atoms. The first-order chi connectivity index (χ1) is 9.20. The number of nitrogen functional groups attached to an aromatic ring is 1. The molecule has 0 bridgehead atoms. The third kappa shape index (κ3) is 3.67. The van der Waals surface area contributed by atoms with E-state index in [0.717, 1.165) is 22.8 Å². The van der Waals surface area contributed by atoms with Crippen LogP contribution in [0.1, 0.15) is 18.9 Å². The van der Waals surface area contributed by atoms with Crippen LogP contribution in [0.4, 0.5) is 5.69 Å². The summed E-state index contributed by atoms with van der Waals surface area (Å²) in [6, 6.07) is 14.3. The Balaban J connectivity index is 2.20. The van der Waals surface area contributed by atoms with Crippen molar-refractivity contribution in [3.05, 3.63) is 48.0 Å². The Morgan fingerprint density at radius 3 is 2.68 bits per heavy atom. The van der Waals surface area contributed by atoms with Gasteiger partial charge >= 0.3 is 0 Å². The van der Waals surface area contributed by atoms with Crippen LogP contribution in [0, 0.1) is 6.92 Å². The molecule has 0 fully saturated rings. The molecule has 0 unspecified atom stereocenters. The van der Waals surface area contributed by atoms with Crippen molar-refractivity contribution >= 4 is 17.4 Å². The molecule has 0 saturated carbocycles. The smallest absolute Gasteiger partial charge is 0.143 e. The number of hydrogen-bond acceptors (Lipinski definition) is 3. The minimum absolute atomic E-state index is 0.697. The molecule has 0 aliphatic rings. The van der Waals surface area contributed by atoms with Crippen molar-refractivity contribution in [3.8, 4) is 5.75 Å². The maximum Gasteiger partial charge on any atom is 0.143 e. The summed E-state index contributed by atoms with van der Waals surface area (Å²) < 4.78 is 5.65. The van der Waals surface area contributed by atoms with Gasteiger partial charge in [-0.05, 0) is 37.6 Å². The van der Waals surface area contributed by atoms with Crippen LogP contribution in [0.3, 0.4) is 0 Å². The summed E-state index contributed by atoms with van der Waals surface area (Å²) >= 11 is 1.67. The molecule has 100 valence electrons. The molecule has 0 saturated heterocycles. The van der Waals surface area contributed by atoms with Crippen molar-refractivity contribution in [2.24, 2.45) is 0 Å². The van der Waals surface area contributed by atoms with Crippen LogP contribution in [0.5, 0.6) is 5.75 Å². The monoisotopic (exact) mass is 273 g/mol. The molecular weight excluding hydrogens is 254 g/mol. The molecule has 2 nitrogen and oxygen atoms in total. The van der Waals surface area contributed by atoms with Gasteiger partial charge in [0.25, 0.3) is 0 Å². The van der Waals surface area contributed by atoms with Gasteiger partial charge in [0.2, 0.25) is 0 Å². The zero-order valence-electron chi connectivity index (χ0n) is 11.3. The number of benzene rings is 2. The Bertz CT molecular complexity index is 554. The van der Waals surface area contributed by atoms with Crippen LogP contribution in [-0.4, -0.2) is 6.61 Å². The Labute approximate surface area is 119 Å². The highest BCUT2D eigenvalue weighted by Crippen LogP contribution is 2.37.